The molecular weight excluding hydrogens is 316 g/mol. The first-order valence-corrected chi connectivity index (χ1v) is 8.84. The van der Waals surface area contributed by atoms with E-state index in [9.17, 15) is 9.59 Å². The van der Waals surface area contributed by atoms with Gasteiger partial charge in [-0.05, 0) is 37.6 Å². The number of carboxylic acid groups (broad SMARTS) is 1. The van der Waals surface area contributed by atoms with Crippen LogP contribution in [0.2, 0.25) is 0 Å². The van der Waals surface area contributed by atoms with Gasteiger partial charge in [0.05, 0.1) is 12.5 Å². The van der Waals surface area contributed by atoms with E-state index in [4.69, 9.17) is 5.11 Å². The van der Waals surface area contributed by atoms with Gasteiger partial charge in [0.15, 0.2) is 5.78 Å². The number of aliphatic carboxylic acids is 1. The summed E-state index contributed by atoms with van der Waals surface area (Å²) in [6.45, 7) is 5.99. The summed E-state index contributed by atoms with van der Waals surface area (Å²) in [6, 6.07) is 8.25. The van der Waals surface area contributed by atoms with Crippen LogP contribution in [0.1, 0.15) is 32.3 Å². The maximum absolute atomic E-state index is 12.6. The molecule has 2 heterocycles. The number of carbonyl (C=O) groups is 2. The summed E-state index contributed by atoms with van der Waals surface area (Å²) < 4.78 is 0. The first-order chi connectivity index (χ1) is 11.8. The summed E-state index contributed by atoms with van der Waals surface area (Å²) in [5.74, 6) is -0.907. The Bertz CT molecular complexity index is 715. The highest BCUT2D eigenvalue weighted by molar-refractivity contribution is 5.94. The smallest absolute Gasteiger partial charge is 0.306 e. The molecule has 0 aromatic heterocycles. The van der Waals surface area contributed by atoms with Crippen LogP contribution in [0.25, 0.3) is 0 Å². The zero-order valence-electron chi connectivity index (χ0n) is 15.2. The number of anilines is 1. The predicted octanol–water partition coefficient (Wildman–Crippen LogP) is 2.66. The first kappa shape index (κ1) is 17.7. The van der Waals surface area contributed by atoms with Gasteiger partial charge in [-0.1, -0.05) is 32.0 Å². The van der Waals surface area contributed by atoms with Gasteiger partial charge in [0.2, 0.25) is 0 Å². The minimum atomic E-state index is -0.722. The normalized spacial score (nSPS) is 22.2. The van der Waals surface area contributed by atoms with Gasteiger partial charge in [0.25, 0.3) is 0 Å². The highest BCUT2D eigenvalue weighted by Gasteiger charge is 2.38. The van der Waals surface area contributed by atoms with Crippen molar-refractivity contribution in [1.82, 2.24) is 4.90 Å². The average Bonchev–Trinajstić information content (AvgIpc) is 2.77. The fourth-order valence-electron chi connectivity index (χ4n) is 4.02. The van der Waals surface area contributed by atoms with Crippen LogP contribution in [-0.4, -0.2) is 48.4 Å². The predicted molar refractivity (Wildman–Crippen MR) is 97.8 cm³/mol. The fourth-order valence-corrected chi connectivity index (χ4v) is 4.02. The molecule has 0 unspecified atom stereocenters. The standard InChI is InChI=1S/C20H26N2O3/c1-20(2)16-6-4-5-7-17(16)21(3)18(20)12-15(23)13-22-10-8-14(9-11-22)19(24)25/h4-7,12,14H,8-11,13H2,1-3H3,(H,24,25)/b18-12+. The third-order valence-corrected chi connectivity index (χ3v) is 5.55. The van der Waals surface area contributed by atoms with Gasteiger partial charge < -0.3 is 10.0 Å². The van der Waals surface area contributed by atoms with E-state index in [0.29, 0.717) is 32.5 Å². The van der Waals surface area contributed by atoms with E-state index in [1.54, 1.807) is 6.08 Å². The topological polar surface area (TPSA) is 60.9 Å². The van der Waals surface area contributed by atoms with E-state index in [0.717, 1.165) is 11.4 Å². The Kier molecular flexibility index (Phi) is 4.69. The molecule has 25 heavy (non-hydrogen) atoms. The number of carbonyl (C=O) groups excluding carboxylic acids is 1. The number of benzene rings is 1. The lowest BCUT2D eigenvalue weighted by Gasteiger charge is -2.29. The number of rotatable bonds is 4. The lowest BCUT2D eigenvalue weighted by molar-refractivity contribution is -0.143. The highest BCUT2D eigenvalue weighted by Crippen LogP contribution is 2.46. The maximum atomic E-state index is 12.6. The van der Waals surface area contributed by atoms with Crippen molar-refractivity contribution in [2.75, 3.05) is 31.6 Å². The molecule has 1 fully saturated rings. The summed E-state index contributed by atoms with van der Waals surface area (Å²) in [7, 11) is 2.01. The number of hydrogen-bond acceptors (Lipinski definition) is 4. The van der Waals surface area contributed by atoms with Crippen LogP contribution in [0.3, 0.4) is 0 Å². The zero-order chi connectivity index (χ0) is 18.2. The molecule has 2 aliphatic heterocycles. The van der Waals surface area contributed by atoms with E-state index in [-0.39, 0.29) is 17.1 Å². The van der Waals surface area contributed by atoms with Gasteiger partial charge in [0, 0.05) is 29.9 Å². The van der Waals surface area contributed by atoms with Gasteiger partial charge in [-0.25, -0.2) is 0 Å². The van der Waals surface area contributed by atoms with Crippen molar-refractivity contribution >= 4 is 17.4 Å². The van der Waals surface area contributed by atoms with Crippen LogP contribution in [-0.2, 0) is 15.0 Å². The number of para-hydroxylation sites is 1. The number of hydrogen-bond donors (Lipinski definition) is 1. The SMILES string of the molecule is CN1/C(=C/C(=O)CN2CCC(C(=O)O)CC2)C(C)(C)c2ccccc21. The van der Waals surface area contributed by atoms with E-state index in [1.165, 1.54) is 5.56 Å². The molecule has 1 saturated heterocycles. The number of fused-ring (bicyclic) bond motifs is 1. The van der Waals surface area contributed by atoms with Crippen LogP contribution in [0, 0.1) is 5.92 Å². The molecule has 134 valence electrons. The van der Waals surface area contributed by atoms with Crippen molar-refractivity contribution in [3.8, 4) is 0 Å². The number of likely N-dealkylation sites (N-methyl/N-ethyl adjacent to an activating group) is 1. The maximum Gasteiger partial charge on any atom is 0.306 e. The lowest BCUT2D eigenvalue weighted by Crippen LogP contribution is -2.39. The molecule has 1 N–H and O–H groups in total. The molecule has 3 rings (SSSR count). The average molecular weight is 342 g/mol. The minimum Gasteiger partial charge on any atom is -0.481 e. The first-order valence-electron chi connectivity index (χ1n) is 8.84. The van der Waals surface area contributed by atoms with Crippen molar-refractivity contribution in [1.29, 1.82) is 0 Å². The van der Waals surface area contributed by atoms with Crippen molar-refractivity contribution in [3.05, 3.63) is 41.6 Å². The van der Waals surface area contributed by atoms with Crippen molar-refractivity contribution < 1.29 is 14.7 Å². The number of carboxylic acids is 1. The third kappa shape index (κ3) is 3.33. The van der Waals surface area contributed by atoms with E-state index >= 15 is 0 Å². The quantitative estimate of drug-likeness (QED) is 0.853. The van der Waals surface area contributed by atoms with Crippen molar-refractivity contribution in [2.24, 2.45) is 5.92 Å². The Labute approximate surface area is 148 Å². The fraction of sp³-hybridized carbons (Fsp3) is 0.500. The Morgan fingerprint density at radius 1 is 1.24 bits per heavy atom. The summed E-state index contributed by atoms with van der Waals surface area (Å²) in [6.07, 6.45) is 3.01. The van der Waals surface area contributed by atoms with Crippen molar-refractivity contribution in [2.45, 2.75) is 32.1 Å². The van der Waals surface area contributed by atoms with Gasteiger partial charge in [-0.3, -0.25) is 14.5 Å². The Balaban J connectivity index is 1.69. The number of likely N-dealkylation sites (tertiary alicyclic amines) is 1. The van der Waals surface area contributed by atoms with Gasteiger partial charge in [0.1, 0.15) is 0 Å². The van der Waals surface area contributed by atoms with Gasteiger partial charge >= 0.3 is 5.97 Å². The van der Waals surface area contributed by atoms with E-state index in [1.807, 2.05) is 19.2 Å². The molecule has 0 radical (unpaired) electrons. The molecular formula is C20H26N2O3. The second-order valence-corrected chi connectivity index (χ2v) is 7.59. The molecule has 1 aromatic rings. The van der Waals surface area contributed by atoms with Crippen molar-refractivity contribution in [3.63, 3.8) is 0 Å². The second-order valence-electron chi connectivity index (χ2n) is 7.59. The Morgan fingerprint density at radius 3 is 2.48 bits per heavy atom. The number of allylic oxidation sites excluding steroid dienone is 1. The molecule has 5 nitrogen and oxygen atoms in total. The third-order valence-electron chi connectivity index (χ3n) is 5.55. The minimum absolute atomic E-state index is 0.0801. The lowest BCUT2D eigenvalue weighted by atomic mass is 9.83. The monoisotopic (exact) mass is 342 g/mol. The molecule has 0 bridgehead atoms. The summed E-state index contributed by atoms with van der Waals surface area (Å²) in [5.41, 5.74) is 3.20. The molecule has 0 aliphatic carbocycles. The molecule has 2 aliphatic rings. The largest absolute Gasteiger partial charge is 0.481 e. The summed E-state index contributed by atoms with van der Waals surface area (Å²) in [5, 5.41) is 9.07. The molecule has 5 heteroatoms. The Morgan fingerprint density at radius 2 is 1.88 bits per heavy atom. The van der Waals surface area contributed by atoms with Gasteiger partial charge in [-0.15, -0.1) is 0 Å². The van der Waals surface area contributed by atoms with Crippen LogP contribution >= 0.6 is 0 Å². The van der Waals surface area contributed by atoms with Crippen LogP contribution in [0.4, 0.5) is 5.69 Å². The molecule has 0 saturated carbocycles. The molecule has 0 amide bonds. The van der Waals surface area contributed by atoms with E-state index < -0.39 is 5.97 Å². The highest BCUT2D eigenvalue weighted by atomic mass is 16.4. The van der Waals surface area contributed by atoms with Crippen LogP contribution < -0.4 is 4.90 Å². The van der Waals surface area contributed by atoms with Gasteiger partial charge in [-0.2, -0.15) is 0 Å². The summed E-state index contributed by atoms with van der Waals surface area (Å²) in [4.78, 5) is 27.8. The number of ketones is 1. The Hall–Kier alpha value is -2.14. The molecule has 0 spiro atoms. The molecule has 0 atom stereocenters. The zero-order valence-corrected chi connectivity index (χ0v) is 15.2. The molecule has 1 aromatic carbocycles. The van der Waals surface area contributed by atoms with Crippen LogP contribution in [0.5, 0.6) is 0 Å². The van der Waals surface area contributed by atoms with E-state index in [2.05, 4.69) is 35.8 Å². The van der Waals surface area contributed by atoms with Crippen LogP contribution in [0.15, 0.2) is 36.0 Å². The summed E-state index contributed by atoms with van der Waals surface area (Å²) >= 11 is 0. The second kappa shape index (κ2) is 6.64. The number of piperidine rings is 1. The number of nitrogens with zero attached hydrogens (tertiary/aromatic N) is 2.